The van der Waals surface area contributed by atoms with Crippen LogP contribution in [0.4, 0.5) is 11.5 Å². The minimum atomic E-state index is -0.164. The lowest BCUT2D eigenvalue weighted by Crippen LogP contribution is -2.30. The molecule has 26 heavy (non-hydrogen) atoms. The molecule has 0 radical (unpaired) electrons. The van der Waals surface area contributed by atoms with Crippen LogP contribution in [0.5, 0.6) is 0 Å². The van der Waals surface area contributed by atoms with E-state index >= 15 is 0 Å². The number of nitrogens with zero attached hydrogens (tertiary/aromatic N) is 3. The summed E-state index contributed by atoms with van der Waals surface area (Å²) in [5.74, 6) is 0.364. The van der Waals surface area contributed by atoms with Crippen LogP contribution in [0.2, 0.25) is 0 Å². The van der Waals surface area contributed by atoms with Gasteiger partial charge in [-0.25, -0.2) is 4.68 Å². The topological polar surface area (TPSA) is 50.2 Å². The molecule has 0 aliphatic rings. The smallest absolute Gasteiger partial charge is 0.256 e. The Morgan fingerprint density at radius 3 is 2.38 bits per heavy atom. The van der Waals surface area contributed by atoms with E-state index in [0.29, 0.717) is 17.4 Å². The second kappa shape index (κ2) is 7.87. The Hall–Kier alpha value is -3.08. The van der Waals surface area contributed by atoms with Gasteiger partial charge in [0, 0.05) is 36.1 Å². The molecule has 0 atom stereocenters. The maximum absolute atomic E-state index is 12.5. The summed E-state index contributed by atoms with van der Waals surface area (Å²) >= 11 is 0. The SMILES string of the molecule is CCN(c1ccc(C(=O)Nc2ccn(-c3ccccc3)n2)cc1)C(C)C. The van der Waals surface area contributed by atoms with Crippen LogP contribution >= 0.6 is 0 Å². The zero-order chi connectivity index (χ0) is 18.5. The third kappa shape index (κ3) is 3.94. The molecule has 0 fully saturated rings. The van der Waals surface area contributed by atoms with Crippen molar-refractivity contribution in [3.05, 3.63) is 72.4 Å². The number of aromatic nitrogens is 2. The van der Waals surface area contributed by atoms with Gasteiger partial charge in [-0.05, 0) is 57.2 Å². The van der Waals surface area contributed by atoms with Crippen molar-refractivity contribution in [1.29, 1.82) is 0 Å². The Morgan fingerprint density at radius 1 is 1.08 bits per heavy atom. The van der Waals surface area contributed by atoms with Gasteiger partial charge in [0.05, 0.1) is 5.69 Å². The monoisotopic (exact) mass is 348 g/mol. The first-order valence-electron chi connectivity index (χ1n) is 8.87. The van der Waals surface area contributed by atoms with E-state index in [1.54, 1.807) is 10.7 Å². The van der Waals surface area contributed by atoms with Gasteiger partial charge in [-0.15, -0.1) is 0 Å². The van der Waals surface area contributed by atoms with Gasteiger partial charge in [0.25, 0.3) is 5.91 Å². The molecule has 5 nitrogen and oxygen atoms in total. The number of hydrogen-bond acceptors (Lipinski definition) is 3. The Kier molecular flexibility index (Phi) is 5.37. The van der Waals surface area contributed by atoms with E-state index in [1.165, 1.54) is 0 Å². The van der Waals surface area contributed by atoms with E-state index in [1.807, 2.05) is 60.8 Å². The van der Waals surface area contributed by atoms with Crippen molar-refractivity contribution in [3.8, 4) is 5.69 Å². The van der Waals surface area contributed by atoms with Crippen molar-refractivity contribution in [2.24, 2.45) is 0 Å². The zero-order valence-electron chi connectivity index (χ0n) is 15.4. The highest BCUT2D eigenvalue weighted by Gasteiger charge is 2.11. The summed E-state index contributed by atoms with van der Waals surface area (Å²) in [6.45, 7) is 7.38. The number of rotatable bonds is 6. The lowest BCUT2D eigenvalue weighted by molar-refractivity contribution is 0.102. The molecule has 3 rings (SSSR count). The van der Waals surface area contributed by atoms with E-state index in [-0.39, 0.29) is 5.91 Å². The quantitative estimate of drug-likeness (QED) is 0.720. The fraction of sp³-hybridized carbons (Fsp3) is 0.238. The molecule has 3 aromatic rings. The Morgan fingerprint density at radius 2 is 1.77 bits per heavy atom. The van der Waals surface area contributed by atoms with E-state index in [4.69, 9.17) is 0 Å². The van der Waals surface area contributed by atoms with Gasteiger partial charge in [0.2, 0.25) is 0 Å². The molecule has 134 valence electrons. The Balaban J connectivity index is 1.70. The van der Waals surface area contributed by atoms with Crippen molar-refractivity contribution >= 4 is 17.4 Å². The second-order valence-electron chi connectivity index (χ2n) is 6.36. The number of carbonyl (C=O) groups excluding carboxylic acids is 1. The normalized spacial score (nSPS) is 10.8. The van der Waals surface area contributed by atoms with Crippen LogP contribution in [0.3, 0.4) is 0 Å². The third-order valence-electron chi connectivity index (χ3n) is 4.28. The van der Waals surface area contributed by atoms with Gasteiger partial charge in [-0.3, -0.25) is 4.79 Å². The molecule has 0 bridgehead atoms. The first kappa shape index (κ1) is 17.7. The van der Waals surface area contributed by atoms with E-state index in [0.717, 1.165) is 17.9 Å². The number of benzene rings is 2. The van der Waals surface area contributed by atoms with E-state index in [9.17, 15) is 4.79 Å². The summed E-state index contributed by atoms with van der Waals surface area (Å²) in [5, 5.41) is 7.25. The summed E-state index contributed by atoms with van der Waals surface area (Å²) in [6.07, 6.45) is 1.83. The standard InChI is InChI=1S/C21H24N4O/c1-4-24(16(2)3)18-12-10-17(11-13-18)21(26)22-20-14-15-25(23-20)19-8-6-5-7-9-19/h5-16H,4H2,1-3H3,(H,22,23,26). The molecule has 1 amide bonds. The third-order valence-corrected chi connectivity index (χ3v) is 4.28. The Bertz CT molecular complexity index is 853. The molecule has 2 aromatic carbocycles. The van der Waals surface area contributed by atoms with Gasteiger partial charge >= 0.3 is 0 Å². The van der Waals surface area contributed by atoms with Crippen molar-refractivity contribution in [3.63, 3.8) is 0 Å². The molecule has 0 aliphatic heterocycles. The molecule has 0 aliphatic carbocycles. The van der Waals surface area contributed by atoms with Gasteiger partial charge in [-0.1, -0.05) is 18.2 Å². The fourth-order valence-corrected chi connectivity index (χ4v) is 2.95. The summed E-state index contributed by atoms with van der Waals surface area (Å²) < 4.78 is 1.74. The average molecular weight is 348 g/mol. The van der Waals surface area contributed by atoms with Crippen LogP contribution < -0.4 is 10.2 Å². The van der Waals surface area contributed by atoms with Gasteiger partial charge in [-0.2, -0.15) is 5.10 Å². The van der Waals surface area contributed by atoms with E-state index < -0.39 is 0 Å². The maximum Gasteiger partial charge on any atom is 0.256 e. The molecular formula is C21H24N4O. The number of amides is 1. The molecule has 0 unspecified atom stereocenters. The minimum Gasteiger partial charge on any atom is -0.369 e. The highest BCUT2D eigenvalue weighted by Crippen LogP contribution is 2.18. The van der Waals surface area contributed by atoms with Crippen molar-refractivity contribution in [1.82, 2.24) is 9.78 Å². The minimum absolute atomic E-state index is 0.164. The van der Waals surface area contributed by atoms with Crippen molar-refractivity contribution in [2.45, 2.75) is 26.8 Å². The molecule has 0 saturated carbocycles. The van der Waals surface area contributed by atoms with Gasteiger partial charge < -0.3 is 10.2 Å². The first-order valence-corrected chi connectivity index (χ1v) is 8.87. The predicted octanol–water partition coefficient (Wildman–Crippen LogP) is 4.36. The van der Waals surface area contributed by atoms with Crippen LogP contribution in [0.15, 0.2) is 66.9 Å². The summed E-state index contributed by atoms with van der Waals surface area (Å²) in [7, 11) is 0. The zero-order valence-corrected chi connectivity index (χ0v) is 15.4. The van der Waals surface area contributed by atoms with Gasteiger partial charge in [0.15, 0.2) is 5.82 Å². The van der Waals surface area contributed by atoms with Crippen LogP contribution in [0.25, 0.3) is 5.69 Å². The van der Waals surface area contributed by atoms with E-state index in [2.05, 4.69) is 36.1 Å². The fourth-order valence-electron chi connectivity index (χ4n) is 2.95. The number of nitrogens with one attached hydrogen (secondary N) is 1. The van der Waals surface area contributed by atoms with Gasteiger partial charge in [0.1, 0.15) is 0 Å². The van der Waals surface area contributed by atoms with Crippen molar-refractivity contribution < 1.29 is 4.79 Å². The average Bonchev–Trinajstić information content (AvgIpc) is 3.12. The summed E-state index contributed by atoms with van der Waals surface area (Å²) in [6, 6.07) is 19.7. The number of hydrogen-bond donors (Lipinski definition) is 1. The Labute approximate surface area is 154 Å². The molecule has 1 heterocycles. The van der Waals surface area contributed by atoms with Crippen LogP contribution in [0, 0.1) is 0 Å². The van der Waals surface area contributed by atoms with Crippen LogP contribution in [-0.4, -0.2) is 28.3 Å². The largest absolute Gasteiger partial charge is 0.369 e. The highest BCUT2D eigenvalue weighted by molar-refractivity contribution is 6.03. The predicted molar refractivity (Wildman–Crippen MR) is 106 cm³/mol. The first-order chi connectivity index (χ1) is 12.6. The van der Waals surface area contributed by atoms with Crippen LogP contribution in [-0.2, 0) is 0 Å². The molecular weight excluding hydrogens is 324 g/mol. The lowest BCUT2D eigenvalue weighted by Gasteiger charge is -2.27. The number of anilines is 2. The highest BCUT2D eigenvalue weighted by atomic mass is 16.1. The van der Waals surface area contributed by atoms with Crippen LogP contribution in [0.1, 0.15) is 31.1 Å². The maximum atomic E-state index is 12.5. The molecule has 1 N–H and O–H groups in total. The summed E-state index contributed by atoms with van der Waals surface area (Å²) in [5.41, 5.74) is 2.68. The number of para-hydroxylation sites is 1. The molecule has 0 saturated heterocycles. The molecule has 5 heteroatoms. The summed E-state index contributed by atoms with van der Waals surface area (Å²) in [4.78, 5) is 14.8. The number of carbonyl (C=O) groups is 1. The van der Waals surface area contributed by atoms with Crippen molar-refractivity contribution in [2.75, 3.05) is 16.8 Å². The second-order valence-corrected chi connectivity index (χ2v) is 6.36. The molecule has 1 aromatic heterocycles. The lowest BCUT2D eigenvalue weighted by atomic mass is 10.1. The molecule has 0 spiro atoms.